The first-order valence-corrected chi connectivity index (χ1v) is 9.14. The van der Waals surface area contributed by atoms with Crippen molar-refractivity contribution in [3.8, 4) is 0 Å². The number of anilines is 1. The van der Waals surface area contributed by atoms with Crippen LogP contribution in [0.4, 0.5) is 5.69 Å². The van der Waals surface area contributed by atoms with Gasteiger partial charge in [0.15, 0.2) is 4.22 Å². The zero-order chi connectivity index (χ0) is 16.2. The number of aromatic nitrogens is 1. The maximum absolute atomic E-state index is 11.8. The topological polar surface area (TPSA) is 74.1 Å². The summed E-state index contributed by atoms with van der Waals surface area (Å²) in [6.07, 6.45) is 4.92. The predicted octanol–water partition coefficient (Wildman–Crippen LogP) is 1.65. The smallest absolute Gasteiger partial charge is 0.249 e. The van der Waals surface area contributed by atoms with Crippen molar-refractivity contribution in [1.82, 2.24) is 10.3 Å². The molecule has 3 heterocycles. The maximum atomic E-state index is 11.8. The number of nitrogens with zero attached hydrogens (tertiary/aromatic N) is 2. The Hall–Kier alpha value is -1.51. The fraction of sp³-hybridized carbons (Fsp3) is 0.500. The number of halogens is 1. The fourth-order valence-electron chi connectivity index (χ4n) is 3.06. The molecule has 1 aromatic rings. The van der Waals surface area contributed by atoms with Gasteiger partial charge >= 0.3 is 0 Å². The van der Waals surface area contributed by atoms with Crippen LogP contribution >= 0.6 is 22.6 Å². The Morgan fingerprint density at radius 3 is 2.65 bits per heavy atom. The molecule has 3 rings (SSSR count). The molecule has 2 amide bonds. The zero-order valence-corrected chi connectivity index (χ0v) is 15.0. The first-order valence-electron chi connectivity index (χ1n) is 7.89. The molecule has 7 heteroatoms. The van der Waals surface area contributed by atoms with Crippen LogP contribution in [-0.2, 0) is 9.59 Å². The van der Waals surface area contributed by atoms with Crippen molar-refractivity contribution in [1.29, 1.82) is 0 Å². The summed E-state index contributed by atoms with van der Waals surface area (Å²) < 4.78 is 4.45. The van der Waals surface area contributed by atoms with E-state index in [2.05, 4.69) is 47.0 Å². The van der Waals surface area contributed by atoms with E-state index in [0.29, 0.717) is 18.8 Å². The van der Waals surface area contributed by atoms with Gasteiger partial charge in [0.05, 0.1) is 11.9 Å². The summed E-state index contributed by atoms with van der Waals surface area (Å²) in [6.45, 7) is 2.15. The second-order valence-electron chi connectivity index (χ2n) is 6.03. The van der Waals surface area contributed by atoms with Crippen LogP contribution < -0.4 is 10.6 Å². The molecule has 2 fully saturated rings. The molecule has 0 radical (unpaired) electrons. The van der Waals surface area contributed by atoms with Gasteiger partial charge in [-0.1, -0.05) is 0 Å². The van der Waals surface area contributed by atoms with Crippen molar-refractivity contribution in [2.24, 2.45) is 0 Å². The van der Waals surface area contributed by atoms with Crippen molar-refractivity contribution in [2.45, 2.75) is 37.6 Å². The van der Waals surface area contributed by atoms with Crippen molar-refractivity contribution in [3.63, 3.8) is 0 Å². The minimum Gasteiger partial charge on any atom is -0.372 e. The Bertz CT molecular complexity index is 619. The van der Waals surface area contributed by atoms with Crippen LogP contribution in [-0.4, -0.2) is 44.7 Å². The predicted molar refractivity (Wildman–Crippen MR) is 96.1 cm³/mol. The molecule has 0 aliphatic carbocycles. The van der Waals surface area contributed by atoms with Crippen LogP contribution in [0.25, 0.3) is 0 Å². The molecule has 6 nitrogen and oxygen atoms in total. The van der Waals surface area contributed by atoms with Crippen LogP contribution in [0, 0.1) is 0 Å². The summed E-state index contributed by atoms with van der Waals surface area (Å²) in [5.74, 6) is 0.0524. The van der Waals surface area contributed by atoms with Gasteiger partial charge in [-0.15, -0.1) is 0 Å². The molecule has 1 unspecified atom stereocenters. The lowest BCUT2D eigenvalue weighted by molar-refractivity contribution is -0.531. The normalized spacial score (nSPS) is 25.0. The highest BCUT2D eigenvalue weighted by Crippen LogP contribution is 2.26. The Balaban J connectivity index is 1.59. The molecule has 0 aromatic carbocycles. The molecule has 122 valence electrons. The monoisotopic (exact) mass is 427 g/mol. The lowest BCUT2D eigenvalue weighted by Gasteiger charge is -2.23. The Kier molecular flexibility index (Phi) is 5.24. The molecule has 2 N–H and O–H groups in total. The molecule has 0 saturated carbocycles. The van der Waals surface area contributed by atoms with Gasteiger partial charge in [0.1, 0.15) is 19.1 Å². The van der Waals surface area contributed by atoms with Crippen molar-refractivity contribution in [3.05, 3.63) is 24.0 Å². The van der Waals surface area contributed by atoms with E-state index in [1.54, 1.807) is 6.20 Å². The third-order valence-corrected chi connectivity index (χ3v) is 5.24. The van der Waals surface area contributed by atoms with Crippen LogP contribution in [0.5, 0.6) is 0 Å². The van der Waals surface area contributed by atoms with Gasteiger partial charge in [0.25, 0.3) is 0 Å². The molecular weight excluding hydrogens is 407 g/mol. The highest BCUT2D eigenvalue weighted by molar-refractivity contribution is 14.1. The number of carbonyl (C=O) groups is 2. The first kappa shape index (κ1) is 16.4. The Morgan fingerprint density at radius 2 is 2.04 bits per heavy atom. The second kappa shape index (κ2) is 7.37. The lowest BCUT2D eigenvalue weighted by atomic mass is 9.94. The number of amides is 2. The number of rotatable bonds is 3. The molecule has 23 heavy (non-hydrogen) atoms. The van der Waals surface area contributed by atoms with E-state index in [-0.39, 0.29) is 17.9 Å². The number of imide groups is 1. The minimum atomic E-state index is -0.359. The van der Waals surface area contributed by atoms with Crippen LogP contribution in [0.15, 0.2) is 18.3 Å². The number of carbonyl (C=O) groups excluding carboxylic acids is 2. The summed E-state index contributed by atoms with van der Waals surface area (Å²) in [4.78, 5) is 27.5. The van der Waals surface area contributed by atoms with Crippen LogP contribution in [0.1, 0.15) is 37.3 Å². The van der Waals surface area contributed by atoms with Gasteiger partial charge in [-0.25, -0.2) is 4.58 Å². The highest BCUT2D eigenvalue weighted by Gasteiger charge is 2.27. The van der Waals surface area contributed by atoms with Crippen molar-refractivity contribution in [2.75, 3.05) is 18.4 Å². The standard InChI is InChI=1S/C16H19IN4O2/c17-10-21-7-5-11(6-8-21)13-2-1-12(9-18-13)19-14-3-4-15(22)20-16(14)23/h1-2,9-11,14,19H,3-8H2/p+1. The van der Waals surface area contributed by atoms with Gasteiger partial charge in [0, 0.05) is 53.5 Å². The molecule has 1 atom stereocenters. The number of pyridine rings is 1. The Morgan fingerprint density at radius 1 is 1.26 bits per heavy atom. The number of hydrogen-bond acceptors (Lipinski definition) is 4. The Labute approximate surface area is 148 Å². The summed E-state index contributed by atoms with van der Waals surface area (Å²) >= 11 is 2.29. The SMILES string of the molecule is O=C1CCC(Nc2ccc(C3CC[N+](=CI)CC3)nc2)C(=O)N1. The van der Waals surface area contributed by atoms with E-state index < -0.39 is 0 Å². The quantitative estimate of drug-likeness (QED) is 0.437. The van der Waals surface area contributed by atoms with E-state index >= 15 is 0 Å². The molecule has 2 aliphatic rings. The first-order chi connectivity index (χ1) is 11.2. The van der Waals surface area contributed by atoms with Crippen LogP contribution in [0.3, 0.4) is 0 Å². The average molecular weight is 427 g/mol. The van der Waals surface area contributed by atoms with Crippen molar-refractivity contribution < 1.29 is 14.2 Å². The third-order valence-electron chi connectivity index (χ3n) is 4.45. The summed E-state index contributed by atoms with van der Waals surface area (Å²) in [7, 11) is 0. The molecule has 2 aliphatic heterocycles. The summed E-state index contributed by atoms with van der Waals surface area (Å²) in [5, 5.41) is 5.51. The fourth-order valence-corrected chi connectivity index (χ4v) is 3.61. The van der Waals surface area contributed by atoms with Gasteiger partial charge in [-0.3, -0.25) is 19.9 Å². The third kappa shape index (κ3) is 4.07. The van der Waals surface area contributed by atoms with Gasteiger partial charge in [-0.2, -0.15) is 0 Å². The molecule has 1 aromatic heterocycles. The van der Waals surface area contributed by atoms with Gasteiger partial charge in [0.2, 0.25) is 11.8 Å². The zero-order valence-electron chi connectivity index (χ0n) is 12.8. The van der Waals surface area contributed by atoms with E-state index in [1.807, 2.05) is 12.1 Å². The second-order valence-corrected chi connectivity index (χ2v) is 6.58. The van der Waals surface area contributed by atoms with E-state index in [1.165, 1.54) is 0 Å². The maximum Gasteiger partial charge on any atom is 0.249 e. The summed E-state index contributed by atoms with van der Waals surface area (Å²) in [6, 6.07) is 3.66. The van der Waals surface area contributed by atoms with E-state index in [9.17, 15) is 9.59 Å². The molecule has 0 bridgehead atoms. The number of piperidine rings is 2. The lowest BCUT2D eigenvalue weighted by Crippen LogP contribution is -2.47. The van der Waals surface area contributed by atoms with E-state index in [0.717, 1.165) is 37.3 Å². The van der Waals surface area contributed by atoms with Crippen LogP contribution in [0.2, 0.25) is 0 Å². The van der Waals surface area contributed by atoms with E-state index in [4.69, 9.17) is 0 Å². The van der Waals surface area contributed by atoms with Gasteiger partial charge in [-0.05, 0) is 18.6 Å². The van der Waals surface area contributed by atoms with Crippen molar-refractivity contribution >= 4 is 44.3 Å². The minimum absolute atomic E-state index is 0.198. The summed E-state index contributed by atoms with van der Waals surface area (Å²) in [5.41, 5.74) is 1.94. The molecule has 2 saturated heterocycles. The number of nitrogens with one attached hydrogen (secondary N) is 2. The van der Waals surface area contributed by atoms with Gasteiger partial charge < -0.3 is 5.32 Å². The highest BCUT2D eigenvalue weighted by atomic mass is 127. The average Bonchev–Trinajstić information content (AvgIpc) is 2.58. The largest absolute Gasteiger partial charge is 0.372 e. The molecule has 0 spiro atoms. The molecular formula is C16H20IN4O2+. The number of hydrogen-bond donors (Lipinski definition) is 2.